The van der Waals surface area contributed by atoms with Crippen molar-refractivity contribution in [3.05, 3.63) is 29.8 Å². The van der Waals surface area contributed by atoms with Crippen LogP contribution < -0.4 is 10.1 Å². The Bertz CT molecular complexity index is 467. The number of carbonyl (C=O) groups excluding carboxylic acids is 1. The molecule has 0 heterocycles. The van der Waals surface area contributed by atoms with Gasteiger partial charge in [-0.15, -0.1) is 0 Å². The molecule has 1 amide bonds. The van der Waals surface area contributed by atoms with Gasteiger partial charge in [-0.2, -0.15) is 0 Å². The number of rotatable bonds is 6. The Kier molecular flexibility index (Phi) is 5.62. The van der Waals surface area contributed by atoms with Crippen molar-refractivity contribution in [1.29, 1.82) is 0 Å². The minimum Gasteiger partial charge on any atom is -0.496 e. The van der Waals surface area contributed by atoms with E-state index < -0.39 is 5.60 Å². The number of nitrogens with one attached hydrogen (secondary N) is 1. The maximum atomic E-state index is 11.9. The SMILES string of the molecule is COc1ccccc1CCC(=O)NCC1(O)CCCCC1. The molecule has 1 aliphatic carbocycles. The normalized spacial score (nSPS) is 17.2. The Hall–Kier alpha value is -1.55. The minimum atomic E-state index is -0.696. The quantitative estimate of drug-likeness (QED) is 0.846. The fourth-order valence-electron chi connectivity index (χ4n) is 2.90. The van der Waals surface area contributed by atoms with Crippen molar-refractivity contribution in [1.82, 2.24) is 5.32 Å². The molecule has 116 valence electrons. The van der Waals surface area contributed by atoms with E-state index >= 15 is 0 Å². The first-order valence-electron chi connectivity index (χ1n) is 7.74. The predicted octanol–water partition coefficient (Wildman–Crippen LogP) is 2.44. The number of benzene rings is 1. The lowest BCUT2D eigenvalue weighted by atomic mass is 9.85. The lowest BCUT2D eigenvalue weighted by Crippen LogP contribution is -2.44. The van der Waals surface area contributed by atoms with Gasteiger partial charge >= 0.3 is 0 Å². The van der Waals surface area contributed by atoms with Crippen molar-refractivity contribution >= 4 is 5.91 Å². The third kappa shape index (κ3) is 4.74. The van der Waals surface area contributed by atoms with Crippen LogP contribution in [0.2, 0.25) is 0 Å². The molecule has 0 saturated heterocycles. The molecule has 1 aliphatic rings. The molecule has 21 heavy (non-hydrogen) atoms. The first-order valence-corrected chi connectivity index (χ1v) is 7.74. The Balaban J connectivity index is 1.77. The predicted molar refractivity (Wildman–Crippen MR) is 82.4 cm³/mol. The third-order valence-electron chi connectivity index (χ3n) is 4.21. The van der Waals surface area contributed by atoms with Gasteiger partial charge in [0, 0.05) is 13.0 Å². The molecule has 0 spiro atoms. The highest BCUT2D eigenvalue weighted by Gasteiger charge is 2.29. The van der Waals surface area contributed by atoms with E-state index in [2.05, 4.69) is 5.32 Å². The summed E-state index contributed by atoms with van der Waals surface area (Å²) in [5.41, 5.74) is 0.338. The van der Waals surface area contributed by atoms with Gasteiger partial charge in [-0.1, -0.05) is 37.5 Å². The van der Waals surface area contributed by atoms with Crippen molar-refractivity contribution < 1.29 is 14.6 Å². The molecule has 1 saturated carbocycles. The zero-order valence-corrected chi connectivity index (χ0v) is 12.7. The topological polar surface area (TPSA) is 58.6 Å². The second-order valence-corrected chi connectivity index (χ2v) is 5.87. The zero-order chi connectivity index (χ0) is 15.1. The van der Waals surface area contributed by atoms with Crippen LogP contribution >= 0.6 is 0 Å². The molecule has 2 rings (SSSR count). The Labute approximate surface area is 126 Å². The molecular weight excluding hydrogens is 266 g/mol. The standard InChI is InChI=1S/C17H25NO3/c1-21-15-8-4-3-7-14(15)9-10-16(19)18-13-17(20)11-5-2-6-12-17/h3-4,7-8,20H,2,5-6,9-13H2,1H3,(H,18,19). The van der Waals surface area contributed by atoms with Crippen molar-refractivity contribution in [3.8, 4) is 5.75 Å². The molecule has 0 aromatic heterocycles. The highest BCUT2D eigenvalue weighted by molar-refractivity contribution is 5.76. The summed E-state index contributed by atoms with van der Waals surface area (Å²) >= 11 is 0. The maximum absolute atomic E-state index is 11.9. The number of ether oxygens (including phenoxy) is 1. The highest BCUT2D eigenvalue weighted by atomic mass is 16.5. The summed E-state index contributed by atoms with van der Waals surface area (Å²) in [6, 6.07) is 7.74. The van der Waals surface area contributed by atoms with Gasteiger partial charge in [0.2, 0.25) is 5.91 Å². The van der Waals surface area contributed by atoms with E-state index in [4.69, 9.17) is 4.74 Å². The number of carbonyl (C=O) groups is 1. The van der Waals surface area contributed by atoms with Gasteiger partial charge in [-0.05, 0) is 30.9 Å². The summed E-state index contributed by atoms with van der Waals surface area (Å²) in [5, 5.41) is 13.2. The molecular formula is C17H25NO3. The van der Waals surface area contributed by atoms with Gasteiger partial charge in [0.05, 0.1) is 12.7 Å². The van der Waals surface area contributed by atoms with Crippen LogP contribution in [0, 0.1) is 0 Å². The van der Waals surface area contributed by atoms with Crippen LogP contribution in [-0.2, 0) is 11.2 Å². The number of para-hydroxylation sites is 1. The summed E-state index contributed by atoms with van der Waals surface area (Å²) in [6.45, 7) is 0.373. The summed E-state index contributed by atoms with van der Waals surface area (Å²) < 4.78 is 5.28. The second-order valence-electron chi connectivity index (χ2n) is 5.87. The zero-order valence-electron chi connectivity index (χ0n) is 12.7. The Morgan fingerprint density at radius 2 is 2.00 bits per heavy atom. The van der Waals surface area contributed by atoms with Crippen LogP contribution in [0.25, 0.3) is 0 Å². The largest absolute Gasteiger partial charge is 0.496 e. The van der Waals surface area contributed by atoms with Gasteiger partial charge in [-0.25, -0.2) is 0 Å². The van der Waals surface area contributed by atoms with Crippen LogP contribution in [0.15, 0.2) is 24.3 Å². The van der Waals surface area contributed by atoms with Crippen molar-refractivity contribution in [3.63, 3.8) is 0 Å². The Morgan fingerprint density at radius 3 is 2.71 bits per heavy atom. The monoisotopic (exact) mass is 291 g/mol. The molecule has 4 heteroatoms. The fourth-order valence-corrected chi connectivity index (χ4v) is 2.90. The molecule has 4 nitrogen and oxygen atoms in total. The van der Waals surface area contributed by atoms with Crippen LogP contribution in [0.1, 0.15) is 44.1 Å². The number of hydrogen-bond donors (Lipinski definition) is 2. The minimum absolute atomic E-state index is 0.0140. The number of amides is 1. The Morgan fingerprint density at radius 1 is 1.29 bits per heavy atom. The molecule has 2 N–H and O–H groups in total. The number of aliphatic hydroxyl groups is 1. The average molecular weight is 291 g/mol. The number of hydrogen-bond acceptors (Lipinski definition) is 3. The molecule has 1 aromatic carbocycles. The summed E-state index contributed by atoms with van der Waals surface area (Å²) in [4.78, 5) is 11.9. The summed E-state index contributed by atoms with van der Waals surface area (Å²) in [6.07, 6.45) is 5.93. The molecule has 0 bridgehead atoms. The third-order valence-corrected chi connectivity index (χ3v) is 4.21. The summed E-state index contributed by atoms with van der Waals surface area (Å²) in [5.74, 6) is 0.802. The van der Waals surface area contributed by atoms with Gasteiger partial charge in [-0.3, -0.25) is 4.79 Å². The van der Waals surface area contributed by atoms with Crippen molar-refractivity contribution in [2.45, 2.75) is 50.5 Å². The average Bonchev–Trinajstić information content (AvgIpc) is 2.52. The van der Waals surface area contributed by atoms with Gasteiger partial charge in [0.1, 0.15) is 5.75 Å². The van der Waals surface area contributed by atoms with Gasteiger partial charge in [0.25, 0.3) is 0 Å². The fraction of sp³-hybridized carbons (Fsp3) is 0.588. The van der Waals surface area contributed by atoms with Crippen molar-refractivity contribution in [2.75, 3.05) is 13.7 Å². The summed E-state index contributed by atoms with van der Waals surface area (Å²) in [7, 11) is 1.64. The van der Waals surface area contributed by atoms with Gasteiger partial charge in [0.15, 0.2) is 0 Å². The van der Waals surface area contributed by atoms with Crippen LogP contribution in [-0.4, -0.2) is 30.3 Å². The molecule has 0 unspecified atom stereocenters. The second kappa shape index (κ2) is 7.46. The van der Waals surface area contributed by atoms with E-state index in [9.17, 15) is 9.90 Å². The smallest absolute Gasteiger partial charge is 0.220 e. The van der Waals surface area contributed by atoms with Crippen molar-refractivity contribution in [2.24, 2.45) is 0 Å². The molecule has 1 aromatic rings. The van der Waals surface area contributed by atoms with Crippen LogP contribution in [0.4, 0.5) is 0 Å². The van der Waals surface area contributed by atoms with E-state index in [1.807, 2.05) is 24.3 Å². The number of aryl methyl sites for hydroxylation is 1. The van der Waals surface area contributed by atoms with E-state index in [0.29, 0.717) is 19.4 Å². The van der Waals surface area contributed by atoms with Crippen LogP contribution in [0.5, 0.6) is 5.75 Å². The first kappa shape index (κ1) is 15.8. The van der Waals surface area contributed by atoms with E-state index in [1.54, 1.807) is 7.11 Å². The maximum Gasteiger partial charge on any atom is 0.220 e. The molecule has 1 fully saturated rings. The molecule has 0 atom stereocenters. The van der Waals surface area contributed by atoms with Gasteiger partial charge < -0.3 is 15.2 Å². The van der Waals surface area contributed by atoms with E-state index in [1.165, 1.54) is 6.42 Å². The van der Waals surface area contributed by atoms with Crippen LogP contribution in [0.3, 0.4) is 0 Å². The first-order chi connectivity index (χ1) is 10.1. The van der Waals surface area contributed by atoms with E-state index in [-0.39, 0.29) is 5.91 Å². The lowest BCUT2D eigenvalue weighted by Gasteiger charge is -2.32. The number of methoxy groups -OCH3 is 1. The molecule has 0 radical (unpaired) electrons. The molecule has 0 aliphatic heterocycles. The highest BCUT2D eigenvalue weighted by Crippen LogP contribution is 2.27. The lowest BCUT2D eigenvalue weighted by molar-refractivity contribution is -0.122. The van der Waals surface area contributed by atoms with E-state index in [0.717, 1.165) is 37.0 Å².